The molecule has 2 aromatic carbocycles. The second-order valence-corrected chi connectivity index (χ2v) is 8.52. The van der Waals surface area contributed by atoms with Gasteiger partial charge < -0.3 is 58.8 Å². The van der Waals surface area contributed by atoms with Crippen molar-refractivity contribution in [2.75, 3.05) is 13.7 Å². The summed E-state index contributed by atoms with van der Waals surface area (Å²) in [4.78, 5) is 35.2. The van der Waals surface area contributed by atoms with Gasteiger partial charge in [0.1, 0.15) is 54.0 Å². The molecule has 1 fully saturated rings. The van der Waals surface area contributed by atoms with Crippen molar-refractivity contribution < 1.29 is 63.6 Å². The number of carboxylic acid groups (broad SMARTS) is 1. The number of hydrogen-bond donors (Lipinski definition) is 5. The number of aliphatic hydroxyl groups excluding tert-OH is 3. The fraction of sp³-hybridized carbons (Fsp3) is 0.320. The Kier molecular flexibility index (Phi) is 7.92. The number of carbonyl (C=O) groups is 2. The highest BCUT2D eigenvalue weighted by Gasteiger charge is 2.46. The lowest BCUT2D eigenvalue weighted by atomic mass is 9.99. The number of rotatable bonds is 8. The summed E-state index contributed by atoms with van der Waals surface area (Å²) in [5, 5.41) is 61.5. The highest BCUT2D eigenvalue weighted by Crippen LogP contribution is 2.43. The average Bonchev–Trinajstić information content (AvgIpc) is 2.88. The third kappa shape index (κ3) is 5.58. The molecule has 1 aliphatic rings. The van der Waals surface area contributed by atoms with Crippen molar-refractivity contribution in [1.29, 1.82) is 0 Å². The lowest BCUT2D eigenvalue weighted by Crippen LogP contribution is -2.60. The maximum atomic E-state index is 13.2. The lowest BCUT2D eigenvalue weighted by Gasteiger charge is -2.40. The Morgan fingerprint density at radius 1 is 1.05 bits per heavy atom. The molecule has 14 nitrogen and oxygen atoms in total. The van der Waals surface area contributed by atoms with Crippen molar-refractivity contribution in [3.8, 4) is 34.1 Å². The number of phenols is 2. The van der Waals surface area contributed by atoms with Crippen LogP contribution in [0, 0.1) is 0 Å². The molecule has 0 aliphatic carbocycles. The Balaban J connectivity index is 1.64. The van der Waals surface area contributed by atoms with Gasteiger partial charge in [-0.15, -0.1) is 0 Å². The van der Waals surface area contributed by atoms with E-state index in [9.17, 15) is 45.0 Å². The quantitative estimate of drug-likeness (QED) is 0.164. The molecule has 0 saturated carbocycles. The number of aromatic hydroxyl groups is 2. The van der Waals surface area contributed by atoms with Gasteiger partial charge in [0.25, 0.3) is 0 Å². The van der Waals surface area contributed by atoms with Gasteiger partial charge in [0.15, 0.2) is 11.5 Å². The van der Waals surface area contributed by atoms with E-state index in [-0.39, 0.29) is 33.8 Å². The number of benzene rings is 2. The number of hydrogen-bond acceptors (Lipinski definition) is 14. The maximum absolute atomic E-state index is 13.2. The van der Waals surface area contributed by atoms with Gasteiger partial charge in [0, 0.05) is 6.07 Å². The number of carboxylic acids is 1. The monoisotopic (exact) mass is 547 g/mol. The van der Waals surface area contributed by atoms with E-state index >= 15 is 0 Å². The molecule has 0 radical (unpaired) electrons. The minimum atomic E-state index is -1.85. The van der Waals surface area contributed by atoms with Gasteiger partial charge in [-0.05, 0) is 17.7 Å². The second kappa shape index (κ2) is 11.2. The molecular formula is C25H23O14-. The summed E-state index contributed by atoms with van der Waals surface area (Å²) < 4.78 is 26.5. The van der Waals surface area contributed by atoms with Gasteiger partial charge in [-0.1, -0.05) is 12.1 Å². The van der Waals surface area contributed by atoms with E-state index in [1.165, 1.54) is 24.3 Å². The molecule has 5 N–H and O–H groups in total. The summed E-state index contributed by atoms with van der Waals surface area (Å²) in [6.45, 7) is -0.702. The first-order valence-corrected chi connectivity index (χ1v) is 11.4. The van der Waals surface area contributed by atoms with Crippen LogP contribution < -0.4 is 20.0 Å². The van der Waals surface area contributed by atoms with Crippen molar-refractivity contribution in [2.24, 2.45) is 0 Å². The largest absolute Gasteiger partial charge is 0.550 e. The molecular weight excluding hydrogens is 524 g/mol. The zero-order valence-corrected chi connectivity index (χ0v) is 20.2. The average molecular weight is 547 g/mol. The Morgan fingerprint density at radius 3 is 2.38 bits per heavy atom. The summed E-state index contributed by atoms with van der Waals surface area (Å²) in [6.07, 6.45) is -8.54. The van der Waals surface area contributed by atoms with Crippen LogP contribution in [0.25, 0.3) is 22.1 Å². The summed E-state index contributed by atoms with van der Waals surface area (Å²) >= 11 is 0. The maximum Gasteiger partial charge on any atom is 0.311 e. The Morgan fingerprint density at radius 2 is 1.74 bits per heavy atom. The van der Waals surface area contributed by atoms with Crippen LogP contribution in [0.1, 0.15) is 6.42 Å². The first kappa shape index (κ1) is 27.7. The van der Waals surface area contributed by atoms with Gasteiger partial charge >= 0.3 is 5.97 Å². The van der Waals surface area contributed by atoms with E-state index in [1.54, 1.807) is 0 Å². The van der Waals surface area contributed by atoms with E-state index in [0.717, 1.165) is 19.4 Å². The molecule has 14 heteroatoms. The first-order valence-electron chi connectivity index (χ1n) is 11.4. The van der Waals surface area contributed by atoms with E-state index in [4.69, 9.17) is 23.4 Å². The topological polar surface area (TPSA) is 225 Å². The molecule has 3 aromatic rings. The summed E-state index contributed by atoms with van der Waals surface area (Å²) in [5.74, 6) is -4.20. The number of fused-ring (bicyclic) bond motifs is 1. The zero-order chi connectivity index (χ0) is 28.4. The predicted molar refractivity (Wildman–Crippen MR) is 126 cm³/mol. The number of esters is 1. The van der Waals surface area contributed by atoms with E-state index in [0.29, 0.717) is 5.56 Å². The molecule has 1 saturated heterocycles. The fourth-order valence-electron chi connectivity index (χ4n) is 3.97. The van der Waals surface area contributed by atoms with Crippen LogP contribution in [0.4, 0.5) is 0 Å². The van der Waals surface area contributed by atoms with Crippen LogP contribution in [-0.4, -0.2) is 81.9 Å². The Bertz CT molecular complexity index is 1430. The van der Waals surface area contributed by atoms with Gasteiger partial charge in [-0.3, -0.25) is 9.59 Å². The van der Waals surface area contributed by atoms with E-state index in [1.807, 2.05) is 0 Å². The molecule has 5 atom stereocenters. The number of aliphatic carboxylic acids is 1. The molecule has 0 unspecified atom stereocenters. The van der Waals surface area contributed by atoms with Crippen LogP contribution in [-0.2, 0) is 19.1 Å². The highest BCUT2D eigenvalue weighted by molar-refractivity contribution is 5.91. The minimum Gasteiger partial charge on any atom is -0.550 e. The summed E-state index contributed by atoms with van der Waals surface area (Å²) in [7, 11) is 1.16. The summed E-state index contributed by atoms with van der Waals surface area (Å²) in [5.41, 5.74) is -0.294. The first-order chi connectivity index (χ1) is 18.5. The molecule has 0 spiro atoms. The highest BCUT2D eigenvalue weighted by atomic mass is 16.7. The lowest BCUT2D eigenvalue weighted by molar-refractivity contribution is -0.305. The normalized spacial score (nSPS) is 22.8. The van der Waals surface area contributed by atoms with E-state index in [2.05, 4.69) is 0 Å². The molecule has 39 heavy (non-hydrogen) atoms. The number of methoxy groups -OCH3 is 1. The van der Waals surface area contributed by atoms with Crippen LogP contribution >= 0.6 is 0 Å². The third-order valence-electron chi connectivity index (χ3n) is 5.95. The smallest absolute Gasteiger partial charge is 0.311 e. The standard InChI is InChI=1S/C25H24O14/c1-35-24-14(38-25-23(34)22(33)20(31)15(39-25)9-37-17(29)7-16(27)28)6-13-18(21(24)32)19(30)12(8-36-13)10-2-4-11(26)5-3-10/h2-6,8,15,20,22-23,25-26,31-34H,7,9H2,1H3,(H,27,28)/p-1/t15-,20-,22+,23-,25-/m1/s1. The SMILES string of the molecule is COc1c(O[C@@H]2O[C@H](COC(=O)CC(=O)[O-])[C@@H](O)[C@H](O)[C@H]2O)cc2occ(-c3ccc(O)cc3)c(=O)c2c1O. The fourth-order valence-corrected chi connectivity index (χ4v) is 3.97. The number of phenolic OH excluding ortho intramolecular Hbond substituents is 2. The van der Waals surface area contributed by atoms with Crippen molar-refractivity contribution in [3.63, 3.8) is 0 Å². The van der Waals surface area contributed by atoms with Crippen LogP contribution in [0.5, 0.6) is 23.0 Å². The third-order valence-corrected chi connectivity index (χ3v) is 5.95. The molecule has 2 heterocycles. The van der Waals surface area contributed by atoms with Gasteiger partial charge in [0.05, 0.1) is 25.1 Å². The summed E-state index contributed by atoms with van der Waals surface area (Å²) in [6, 6.07) is 6.86. The molecule has 4 rings (SSSR count). The van der Waals surface area contributed by atoms with Gasteiger partial charge in [-0.25, -0.2) is 0 Å². The van der Waals surface area contributed by atoms with Crippen molar-refractivity contribution >= 4 is 22.9 Å². The van der Waals surface area contributed by atoms with Gasteiger partial charge in [0.2, 0.25) is 17.5 Å². The Hall–Kier alpha value is -4.37. The minimum absolute atomic E-state index is 0.0158. The molecule has 208 valence electrons. The van der Waals surface area contributed by atoms with E-state index < -0.39 is 66.9 Å². The van der Waals surface area contributed by atoms with Crippen molar-refractivity contribution in [3.05, 3.63) is 46.8 Å². The van der Waals surface area contributed by atoms with Gasteiger partial charge in [-0.2, -0.15) is 0 Å². The Labute approximate surface area is 218 Å². The molecule has 1 aromatic heterocycles. The van der Waals surface area contributed by atoms with Crippen LogP contribution in [0.2, 0.25) is 0 Å². The predicted octanol–water partition coefficient (Wildman–Crippen LogP) is -1.25. The van der Waals surface area contributed by atoms with Crippen molar-refractivity contribution in [1.82, 2.24) is 0 Å². The zero-order valence-electron chi connectivity index (χ0n) is 20.2. The number of carbonyl (C=O) groups excluding carboxylic acids is 2. The van der Waals surface area contributed by atoms with Crippen LogP contribution in [0.3, 0.4) is 0 Å². The molecule has 0 bridgehead atoms. The molecule has 0 amide bonds. The van der Waals surface area contributed by atoms with Crippen molar-refractivity contribution in [2.45, 2.75) is 37.1 Å². The molecule has 1 aliphatic heterocycles. The second-order valence-electron chi connectivity index (χ2n) is 8.52. The number of ether oxygens (including phenoxy) is 4. The van der Waals surface area contributed by atoms with Crippen LogP contribution in [0.15, 0.2) is 45.8 Å². The number of aliphatic hydroxyl groups is 3.